The van der Waals surface area contributed by atoms with Gasteiger partial charge in [-0.05, 0) is 13.0 Å². The van der Waals surface area contributed by atoms with E-state index in [-0.39, 0.29) is 35.5 Å². The zero-order valence-corrected chi connectivity index (χ0v) is 11.9. The highest BCUT2D eigenvalue weighted by atomic mass is 16.5. The van der Waals surface area contributed by atoms with Crippen LogP contribution in [0.3, 0.4) is 0 Å². The monoisotopic (exact) mass is 303 g/mol. The first-order chi connectivity index (χ1) is 10.4. The van der Waals surface area contributed by atoms with Gasteiger partial charge in [0.25, 0.3) is 0 Å². The lowest BCUT2D eigenvalue weighted by Gasteiger charge is -2.32. The molecule has 0 amide bonds. The molecule has 1 heterocycles. The number of phenols is 3. The molecule has 0 saturated carbocycles. The Kier molecular flexibility index (Phi) is 3.33. The third-order valence-electron chi connectivity index (χ3n) is 4.03. The highest BCUT2D eigenvalue weighted by Gasteiger charge is 2.32. The molecule has 116 valence electrons. The maximum absolute atomic E-state index is 10.8. The van der Waals surface area contributed by atoms with E-state index in [0.717, 1.165) is 0 Å². The average Bonchev–Trinajstić information content (AvgIpc) is 2.43. The fourth-order valence-electron chi connectivity index (χ4n) is 3.14. The fourth-order valence-corrected chi connectivity index (χ4v) is 3.14. The van der Waals surface area contributed by atoms with Crippen molar-refractivity contribution >= 4 is 16.7 Å². The van der Waals surface area contributed by atoms with Crippen LogP contribution >= 0.6 is 0 Å². The molecule has 0 radical (unpaired) electrons. The minimum Gasteiger partial charge on any atom is -0.550 e. The molecule has 2 atom stereocenters. The Balaban J connectivity index is 2.23. The van der Waals surface area contributed by atoms with Crippen molar-refractivity contribution in [3.05, 3.63) is 29.3 Å². The number of ether oxygens (including phenoxy) is 1. The van der Waals surface area contributed by atoms with Gasteiger partial charge in [0.15, 0.2) is 0 Å². The van der Waals surface area contributed by atoms with Crippen LogP contribution in [-0.4, -0.2) is 27.4 Å². The summed E-state index contributed by atoms with van der Waals surface area (Å²) in [6, 6.07) is 4.56. The molecule has 3 rings (SSSR count). The second kappa shape index (κ2) is 5.06. The van der Waals surface area contributed by atoms with Gasteiger partial charge >= 0.3 is 0 Å². The molecular formula is C16H15O6-. The molecule has 1 aliphatic rings. The highest BCUT2D eigenvalue weighted by molar-refractivity contribution is 5.99. The normalized spacial score (nSPS) is 20.8. The minimum absolute atomic E-state index is 0.0720. The van der Waals surface area contributed by atoms with Crippen LogP contribution in [0, 0.1) is 0 Å². The Morgan fingerprint density at radius 3 is 2.73 bits per heavy atom. The summed E-state index contributed by atoms with van der Waals surface area (Å²) in [6.45, 7) is 1.66. The third kappa shape index (κ3) is 2.12. The number of carboxylic acids is 1. The number of hydrogen-bond acceptors (Lipinski definition) is 6. The molecule has 3 N–H and O–H groups in total. The molecule has 22 heavy (non-hydrogen) atoms. The SMILES string of the molecule is C[C@H]1O[C@H](CC(=O)[O-])Cc2c1c(O)c1c(O)cccc1c2O. The van der Waals surface area contributed by atoms with Gasteiger partial charge in [-0.3, -0.25) is 0 Å². The molecular weight excluding hydrogens is 288 g/mol. The Bertz CT molecular complexity index is 767. The summed E-state index contributed by atoms with van der Waals surface area (Å²) in [7, 11) is 0. The number of hydrogen-bond donors (Lipinski definition) is 3. The number of aromatic hydroxyl groups is 3. The van der Waals surface area contributed by atoms with E-state index in [1.807, 2.05) is 0 Å². The molecule has 0 saturated heterocycles. The molecule has 6 nitrogen and oxygen atoms in total. The Morgan fingerprint density at radius 2 is 2.05 bits per heavy atom. The van der Waals surface area contributed by atoms with Gasteiger partial charge in [0.2, 0.25) is 0 Å². The second-order valence-corrected chi connectivity index (χ2v) is 5.47. The van der Waals surface area contributed by atoms with Gasteiger partial charge in [-0.1, -0.05) is 12.1 Å². The van der Waals surface area contributed by atoms with Crippen molar-refractivity contribution in [3.8, 4) is 17.2 Å². The van der Waals surface area contributed by atoms with Crippen LogP contribution in [0.4, 0.5) is 0 Å². The van der Waals surface area contributed by atoms with Crippen LogP contribution in [-0.2, 0) is 16.0 Å². The van der Waals surface area contributed by atoms with Gasteiger partial charge < -0.3 is 30.0 Å². The van der Waals surface area contributed by atoms with Gasteiger partial charge in [-0.2, -0.15) is 0 Å². The quantitative estimate of drug-likeness (QED) is 0.717. The summed E-state index contributed by atoms with van der Waals surface area (Å²) >= 11 is 0. The van der Waals surface area contributed by atoms with Crippen LogP contribution in [0.1, 0.15) is 30.6 Å². The number of aliphatic carboxylic acids is 1. The topological polar surface area (TPSA) is 110 Å². The van der Waals surface area contributed by atoms with Crippen LogP contribution in [0.5, 0.6) is 17.2 Å². The first-order valence-electron chi connectivity index (χ1n) is 6.93. The van der Waals surface area contributed by atoms with Crippen molar-refractivity contribution < 1.29 is 30.0 Å². The zero-order valence-electron chi connectivity index (χ0n) is 11.9. The summed E-state index contributed by atoms with van der Waals surface area (Å²) in [5.74, 6) is -1.60. The first-order valence-corrected chi connectivity index (χ1v) is 6.93. The van der Waals surface area contributed by atoms with Gasteiger partial charge in [0.1, 0.15) is 17.2 Å². The second-order valence-electron chi connectivity index (χ2n) is 5.47. The van der Waals surface area contributed by atoms with E-state index in [1.165, 1.54) is 6.07 Å². The number of fused-ring (bicyclic) bond motifs is 2. The smallest absolute Gasteiger partial charge is 0.133 e. The molecule has 6 heteroatoms. The van der Waals surface area contributed by atoms with E-state index in [9.17, 15) is 25.2 Å². The lowest BCUT2D eigenvalue weighted by atomic mass is 9.88. The molecule has 0 aromatic heterocycles. The summed E-state index contributed by atoms with van der Waals surface area (Å²) in [6.07, 6.45) is -1.38. The molecule has 0 unspecified atom stereocenters. The number of carboxylic acid groups (broad SMARTS) is 1. The molecule has 0 bridgehead atoms. The van der Waals surface area contributed by atoms with Crippen molar-refractivity contribution in [2.24, 2.45) is 0 Å². The van der Waals surface area contributed by atoms with Gasteiger partial charge in [-0.25, -0.2) is 0 Å². The summed E-state index contributed by atoms with van der Waals surface area (Å²) in [5, 5.41) is 42.1. The van der Waals surface area contributed by atoms with Crippen molar-refractivity contribution in [1.82, 2.24) is 0 Å². The molecule has 2 aromatic carbocycles. The Morgan fingerprint density at radius 1 is 1.32 bits per heavy atom. The maximum atomic E-state index is 10.8. The third-order valence-corrected chi connectivity index (χ3v) is 4.03. The van der Waals surface area contributed by atoms with E-state index in [2.05, 4.69) is 0 Å². The molecule has 0 aliphatic carbocycles. The van der Waals surface area contributed by atoms with Crippen molar-refractivity contribution in [2.75, 3.05) is 0 Å². The Hall–Kier alpha value is -2.47. The summed E-state index contributed by atoms with van der Waals surface area (Å²) in [5.41, 5.74) is 0.821. The van der Waals surface area contributed by atoms with E-state index in [0.29, 0.717) is 16.5 Å². The lowest BCUT2D eigenvalue weighted by molar-refractivity contribution is -0.308. The number of carbonyl (C=O) groups excluding carboxylic acids is 1. The molecule has 2 aromatic rings. The van der Waals surface area contributed by atoms with E-state index >= 15 is 0 Å². The van der Waals surface area contributed by atoms with E-state index in [1.54, 1.807) is 19.1 Å². The van der Waals surface area contributed by atoms with Crippen molar-refractivity contribution in [2.45, 2.75) is 32.0 Å². The molecule has 0 spiro atoms. The van der Waals surface area contributed by atoms with Crippen LogP contribution in [0.15, 0.2) is 18.2 Å². The summed E-state index contributed by atoms with van der Waals surface area (Å²) in [4.78, 5) is 10.8. The van der Waals surface area contributed by atoms with Crippen molar-refractivity contribution in [1.29, 1.82) is 0 Å². The zero-order chi connectivity index (χ0) is 16.0. The minimum atomic E-state index is -1.23. The predicted molar refractivity (Wildman–Crippen MR) is 75.6 cm³/mol. The van der Waals surface area contributed by atoms with Gasteiger partial charge in [-0.15, -0.1) is 0 Å². The van der Waals surface area contributed by atoms with E-state index < -0.39 is 18.2 Å². The first kappa shape index (κ1) is 14.5. The van der Waals surface area contributed by atoms with Gasteiger partial charge in [0, 0.05) is 35.3 Å². The number of phenolic OH excluding ortho intramolecular Hbond substituents is 3. The highest BCUT2D eigenvalue weighted by Crippen LogP contribution is 2.49. The standard InChI is InChI=1S/C16H16O6/c1-7-13-10(5-8(22-7)6-12(18)19)15(20)9-3-2-4-11(17)14(9)16(13)21/h2-4,7-8,17,20-21H,5-6H2,1H3,(H,18,19)/p-1/t7-,8+/m1/s1. The van der Waals surface area contributed by atoms with Crippen LogP contribution in [0.25, 0.3) is 10.8 Å². The van der Waals surface area contributed by atoms with Gasteiger partial charge in [0.05, 0.1) is 17.6 Å². The maximum Gasteiger partial charge on any atom is 0.133 e. The van der Waals surface area contributed by atoms with Crippen LogP contribution < -0.4 is 5.11 Å². The lowest BCUT2D eigenvalue weighted by Crippen LogP contribution is -2.33. The number of benzene rings is 2. The number of carbonyl (C=O) groups is 1. The Labute approximate surface area is 126 Å². The molecule has 0 fully saturated rings. The van der Waals surface area contributed by atoms with Crippen LogP contribution in [0.2, 0.25) is 0 Å². The number of rotatable bonds is 2. The molecule has 1 aliphatic heterocycles. The fraction of sp³-hybridized carbons (Fsp3) is 0.312. The average molecular weight is 303 g/mol. The van der Waals surface area contributed by atoms with E-state index in [4.69, 9.17) is 4.74 Å². The summed E-state index contributed by atoms with van der Waals surface area (Å²) < 4.78 is 5.57. The predicted octanol–water partition coefficient (Wildman–Crippen LogP) is 1.10. The van der Waals surface area contributed by atoms with Crippen molar-refractivity contribution in [3.63, 3.8) is 0 Å². The largest absolute Gasteiger partial charge is 0.550 e.